The van der Waals surface area contributed by atoms with Crippen LogP contribution in [0.2, 0.25) is 0 Å². The monoisotopic (exact) mass is 354 g/mol. The van der Waals surface area contributed by atoms with E-state index in [-0.39, 0.29) is 0 Å². The summed E-state index contributed by atoms with van der Waals surface area (Å²) in [5.74, 6) is 2.45. The summed E-state index contributed by atoms with van der Waals surface area (Å²) in [7, 11) is 0. The number of piperidine rings is 1. The summed E-state index contributed by atoms with van der Waals surface area (Å²) in [4.78, 5) is 0. The van der Waals surface area contributed by atoms with Crippen molar-refractivity contribution in [1.29, 1.82) is 0 Å². The maximum absolute atomic E-state index is 5.00. The minimum atomic E-state index is 0.523. The molecule has 0 aromatic carbocycles. The molecule has 4 nitrogen and oxygen atoms in total. The number of anilines is 1. The van der Waals surface area contributed by atoms with E-state index in [2.05, 4.69) is 45.1 Å². The van der Waals surface area contributed by atoms with Crippen molar-refractivity contribution < 1.29 is 0 Å². The third-order valence-corrected chi connectivity index (χ3v) is 5.77. The van der Waals surface area contributed by atoms with Gasteiger partial charge in [-0.1, -0.05) is 20.3 Å². The minimum absolute atomic E-state index is 0.523. The summed E-state index contributed by atoms with van der Waals surface area (Å²) < 4.78 is 3.48. The van der Waals surface area contributed by atoms with Crippen molar-refractivity contribution in [3.8, 4) is 0 Å². The van der Waals surface area contributed by atoms with Gasteiger partial charge in [0.1, 0.15) is 5.82 Å². The number of hydrogen-bond donors (Lipinski definition) is 2. The first-order chi connectivity index (χ1) is 10.2. The molecule has 3 heterocycles. The largest absolute Gasteiger partial charge is 0.369 e. The van der Waals surface area contributed by atoms with Crippen LogP contribution in [0.1, 0.15) is 63.6 Å². The molecular formula is C16H27BrN4. The number of halogens is 1. The van der Waals surface area contributed by atoms with E-state index in [1.54, 1.807) is 0 Å². The molecule has 0 amide bonds. The topological polar surface area (TPSA) is 41.9 Å². The van der Waals surface area contributed by atoms with Gasteiger partial charge in [0.2, 0.25) is 0 Å². The SMILES string of the molecule is CCCC(C)c1nn2c(c1Br)NCCC2C1CCCNC1. The van der Waals surface area contributed by atoms with E-state index in [0.29, 0.717) is 12.0 Å². The van der Waals surface area contributed by atoms with E-state index in [9.17, 15) is 0 Å². The fraction of sp³-hybridized carbons (Fsp3) is 0.812. The molecule has 1 aromatic rings. The van der Waals surface area contributed by atoms with Crippen LogP contribution in [0.4, 0.5) is 5.82 Å². The van der Waals surface area contributed by atoms with E-state index >= 15 is 0 Å². The second kappa shape index (κ2) is 6.69. The third kappa shape index (κ3) is 3.00. The fourth-order valence-electron chi connectivity index (χ4n) is 3.82. The van der Waals surface area contributed by atoms with E-state index in [1.165, 1.54) is 54.6 Å². The zero-order valence-corrected chi connectivity index (χ0v) is 14.7. The average molecular weight is 355 g/mol. The number of fused-ring (bicyclic) bond motifs is 1. The van der Waals surface area contributed by atoms with Crippen LogP contribution >= 0.6 is 15.9 Å². The van der Waals surface area contributed by atoms with Gasteiger partial charge in [-0.2, -0.15) is 5.10 Å². The van der Waals surface area contributed by atoms with Gasteiger partial charge in [0.15, 0.2) is 0 Å². The molecule has 21 heavy (non-hydrogen) atoms. The van der Waals surface area contributed by atoms with Crippen molar-refractivity contribution >= 4 is 21.7 Å². The molecule has 0 spiro atoms. The van der Waals surface area contributed by atoms with Crippen LogP contribution in [0.25, 0.3) is 0 Å². The molecule has 1 fully saturated rings. The van der Waals surface area contributed by atoms with E-state index in [0.717, 1.165) is 19.0 Å². The molecule has 1 aromatic heterocycles. The van der Waals surface area contributed by atoms with E-state index in [4.69, 9.17) is 5.10 Å². The lowest BCUT2D eigenvalue weighted by Crippen LogP contribution is -2.38. The molecule has 2 aliphatic rings. The molecule has 0 radical (unpaired) electrons. The van der Waals surface area contributed by atoms with Crippen LogP contribution in [-0.2, 0) is 0 Å². The Morgan fingerprint density at radius 3 is 2.95 bits per heavy atom. The Morgan fingerprint density at radius 1 is 1.38 bits per heavy atom. The Hall–Kier alpha value is -0.550. The Balaban J connectivity index is 1.88. The second-order valence-corrected chi connectivity index (χ2v) is 7.36. The number of rotatable bonds is 4. The lowest BCUT2D eigenvalue weighted by molar-refractivity contribution is 0.234. The summed E-state index contributed by atoms with van der Waals surface area (Å²) in [6.07, 6.45) is 6.22. The first-order valence-electron chi connectivity index (χ1n) is 8.44. The Labute approximate surface area is 136 Å². The van der Waals surface area contributed by atoms with Crippen LogP contribution in [0.3, 0.4) is 0 Å². The van der Waals surface area contributed by atoms with Crippen LogP contribution in [0.15, 0.2) is 4.47 Å². The van der Waals surface area contributed by atoms with Gasteiger partial charge in [-0.15, -0.1) is 0 Å². The Morgan fingerprint density at radius 2 is 2.24 bits per heavy atom. The summed E-state index contributed by atoms with van der Waals surface area (Å²) in [6.45, 7) is 7.92. The van der Waals surface area contributed by atoms with Gasteiger partial charge in [0.05, 0.1) is 16.2 Å². The summed E-state index contributed by atoms with van der Waals surface area (Å²) in [5, 5.41) is 12.1. The molecule has 2 N–H and O–H groups in total. The van der Waals surface area contributed by atoms with Gasteiger partial charge in [-0.05, 0) is 60.6 Å². The number of hydrogen-bond acceptors (Lipinski definition) is 3. The van der Waals surface area contributed by atoms with Crippen LogP contribution < -0.4 is 10.6 Å². The Kier molecular flexibility index (Phi) is 4.89. The van der Waals surface area contributed by atoms with E-state index in [1.807, 2.05) is 0 Å². The molecule has 1 saturated heterocycles. The van der Waals surface area contributed by atoms with Crippen LogP contribution in [0, 0.1) is 5.92 Å². The third-order valence-electron chi connectivity index (χ3n) is 4.99. The van der Waals surface area contributed by atoms with Crippen molar-refractivity contribution in [3.05, 3.63) is 10.2 Å². The highest BCUT2D eigenvalue weighted by Gasteiger charge is 2.32. The van der Waals surface area contributed by atoms with Crippen molar-refractivity contribution in [3.63, 3.8) is 0 Å². The van der Waals surface area contributed by atoms with Crippen molar-refractivity contribution in [2.45, 2.75) is 57.9 Å². The second-order valence-electron chi connectivity index (χ2n) is 6.57. The van der Waals surface area contributed by atoms with Crippen LogP contribution in [-0.4, -0.2) is 29.4 Å². The first kappa shape index (κ1) is 15.3. The van der Waals surface area contributed by atoms with Gasteiger partial charge < -0.3 is 10.6 Å². The highest BCUT2D eigenvalue weighted by atomic mass is 79.9. The van der Waals surface area contributed by atoms with Gasteiger partial charge in [0.25, 0.3) is 0 Å². The zero-order chi connectivity index (χ0) is 14.8. The lowest BCUT2D eigenvalue weighted by atomic mass is 9.89. The number of nitrogens with zero attached hydrogens (tertiary/aromatic N) is 2. The standard InChI is InChI=1S/C16H27BrN4/c1-3-5-11(2)15-14(17)16-19-9-7-13(21(16)20-15)12-6-4-8-18-10-12/h11-13,18-19H,3-10H2,1-2H3. The molecule has 0 bridgehead atoms. The first-order valence-corrected chi connectivity index (χ1v) is 9.24. The molecule has 5 heteroatoms. The van der Waals surface area contributed by atoms with Crippen molar-refractivity contribution in [2.75, 3.05) is 25.0 Å². The predicted molar refractivity (Wildman–Crippen MR) is 91.0 cm³/mol. The van der Waals surface area contributed by atoms with E-state index < -0.39 is 0 Å². The molecule has 118 valence electrons. The normalized spacial score (nSPS) is 27.0. The Bertz CT molecular complexity index is 479. The van der Waals surface area contributed by atoms with Gasteiger partial charge >= 0.3 is 0 Å². The quantitative estimate of drug-likeness (QED) is 0.861. The maximum Gasteiger partial charge on any atom is 0.139 e. The summed E-state index contributed by atoms with van der Waals surface area (Å²) >= 11 is 3.80. The molecule has 3 rings (SSSR count). The predicted octanol–water partition coefficient (Wildman–Crippen LogP) is 3.91. The van der Waals surface area contributed by atoms with Gasteiger partial charge in [-0.3, -0.25) is 0 Å². The summed E-state index contributed by atoms with van der Waals surface area (Å²) in [6, 6.07) is 0.549. The molecule has 0 aliphatic carbocycles. The smallest absolute Gasteiger partial charge is 0.139 e. The summed E-state index contributed by atoms with van der Waals surface area (Å²) in [5.41, 5.74) is 1.23. The van der Waals surface area contributed by atoms with Gasteiger partial charge in [0, 0.05) is 12.5 Å². The molecule has 0 saturated carbocycles. The highest BCUT2D eigenvalue weighted by Crippen LogP contribution is 2.40. The number of aromatic nitrogens is 2. The van der Waals surface area contributed by atoms with Crippen molar-refractivity contribution in [2.24, 2.45) is 5.92 Å². The molecule has 3 unspecified atom stereocenters. The van der Waals surface area contributed by atoms with Crippen molar-refractivity contribution in [1.82, 2.24) is 15.1 Å². The average Bonchev–Trinajstić information content (AvgIpc) is 2.86. The fourth-order valence-corrected chi connectivity index (χ4v) is 4.61. The number of nitrogens with one attached hydrogen (secondary N) is 2. The van der Waals surface area contributed by atoms with Gasteiger partial charge in [-0.25, -0.2) is 4.68 Å². The maximum atomic E-state index is 5.00. The lowest BCUT2D eigenvalue weighted by Gasteiger charge is -2.34. The highest BCUT2D eigenvalue weighted by molar-refractivity contribution is 9.10. The zero-order valence-electron chi connectivity index (χ0n) is 13.2. The molecular weight excluding hydrogens is 328 g/mol. The van der Waals surface area contributed by atoms with Crippen LogP contribution in [0.5, 0.6) is 0 Å². The minimum Gasteiger partial charge on any atom is -0.369 e. The molecule has 3 atom stereocenters. The molecule has 2 aliphatic heterocycles.